The second-order valence-electron chi connectivity index (χ2n) is 3.86. The Morgan fingerprint density at radius 3 is 0.800 bits per heavy atom. The minimum atomic E-state index is 0. The van der Waals surface area contributed by atoms with Crippen molar-refractivity contribution in [3.05, 3.63) is 0 Å². The number of rotatable bonds is 2. The minimum absolute atomic E-state index is 0. The lowest BCUT2D eigenvalue weighted by Gasteiger charge is -1.90. The first-order valence-electron chi connectivity index (χ1n) is 5.17. The Morgan fingerprint density at radius 2 is 0.800 bits per heavy atom. The molecular formula is C13H36O2. The van der Waals surface area contributed by atoms with Gasteiger partial charge in [0.2, 0.25) is 0 Å². The molecule has 0 aromatic carbocycles. The van der Waals surface area contributed by atoms with Gasteiger partial charge in [-0.1, -0.05) is 62.8 Å². The predicted octanol–water partition coefficient (Wildman–Crippen LogP) is 3.96. The van der Waals surface area contributed by atoms with E-state index in [-0.39, 0.29) is 14.9 Å². The summed E-state index contributed by atoms with van der Waals surface area (Å²) in [4.78, 5) is 0. The fourth-order valence-electron chi connectivity index (χ4n) is 0. The first kappa shape index (κ1) is 29.4. The van der Waals surface area contributed by atoms with Gasteiger partial charge in [0.1, 0.15) is 0 Å². The van der Waals surface area contributed by atoms with E-state index in [0.29, 0.717) is 25.0 Å². The molecule has 0 aromatic heterocycles. The first-order valence-corrected chi connectivity index (χ1v) is 5.17. The van der Waals surface area contributed by atoms with Gasteiger partial charge in [-0.2, -0.15) is 0 Å². The molecule has 0 aliphatic carbocycles. The van der Waals surface area contributed by atoms with Crippen molar-refractivity contribution in [3.8, 4) is 0 Å². The Hall–Kier alpha value is -0.0800. The zero-order valence-corrected chi connectivity index (χ0v) is 10.2. The molecule has 100 valence electrons. The van der Waals surface area contributed by atoms with Crippen molar-refractivity contribution in [1.29, 1.82) is 0 Å². The van der Waals surface area contributed by atoms with E-state index in [1.807, 2.05) is 27.7 Å². The summed E-state index contributed by atoms with van der Waals surface area (Å²) in [6, 6.07) is 0. The molecule has 2 heteroatoms. The zero-order chi connectivity index (χ0) is 11.3. The van der Waals surface area contributed by atoms with Crippen molar-refractivity contribution in [2.24, 2.45) is 11.8 Å². The van der Waals surface area contributed by atoms with Crippen molar-refractivity contribution in [1.82, 2.24) is 0 Å². The van der Waals surface area contributed by atoms with Gasteiger partial charge in [0.05, 0.1) is 0 Å². The SMILES string of the molecule is C.C.CC(C)CO.CC(C)CO.CCC. The van der Waals surface area contributed by atoms with Crippen LogP contribution in [0, 0.1) is 11.8 Å². The summed E-state index contributed by atoms with van der Waals surface area (Å²) in [6.45, 7) is 12.8. The van der Waals surface area contributed by atoms with E-state index in [4.69, 9.17) is 10.2 Å². The van der Waals surface area contributed by atoms with Crippen LogP contribution in [0.2, 0.25) is 0 Å². The summed E-state index contributed by atoms with van der Waals surface area (Å²) in [5.41, 5.74) is 0. The van der Waals surface area contributed by atoms with Crippen LogP contribution in [0.3, 0.4) is 0 Å². The average molecular weight is 224 g/mol. The third kappa shape index (κ3) is 129. The van der Waals surface area contributed by atoms with E-state index in [1.54, 1.807) is 0 Å². The zero-order valence-electron chi connectivity index (χ0n) is 10.2. The van der Waals surface area contributed by atoms with Crippen LogP contribution >= 0.6 is 0 Å². The minimum Gasteiger partial charge on any atom is -0.396 e. The molecule has 0 radical (unpaired) electrons. The second kappa shape index (κ2) is 29.2. The molecule has 0 saturated heterocycles. The van der Waals surface area contributed by atoms with Crippen molar-refractivity contribution < 1.29 is 10.2 Å². The summed E-state index contributed by atoms with van der Waals surface area (Å²) in [7, 11) is 0. The Morgan fingerprint density at radius 1 is 0.733 bits per heavy atom. The van der Waals surface area contributed by atoms with Gasteiger partial charge in [0.25, 0.3) is 0 Å². The van der Waals surface area contributed by atoms with Crippen LogP contribution in [-0.2, 0) is 0 Å². The van der Waals surface area contributed by atoms with Gasteiger partial charge in [0.15, 0.2) is 0 Å². The largest absolute Gasteiger partial charge is 0.396 e. The third-order valence-electron chi connectivity index (χ3n) is 0.730. The molecule has 2 nitrogen and oxygen atoms in total. The molecule has 15 heavy (non-hydrogen) atoms. The molecule has 0 heterocycles. The van der Waals surface area contributed by atoms with Crippen molar-refractivity contribution in [3.63, 3.8) is 0 Å². The summed E-state index contributed by atoms with van der Waals surface area (Å²) in [6.07, 6.45) is 1.25. The highest BCUT2D eigenvalue weighted by molar-refractivity contribution is 4.32. The maximum Gasteiger partial charge on any atom is 0.0453 e. The van der Waals surface area contributed by atoms with Crippen LogP contribution in [0.4, 0.5) is 0 Å². The van der Waals surface area contributed by atoms with Gasteiger partial charge in [-0.3, -0.25) is 0 Å². The fourth-order valence-corrected chi connectivity index (χ4v) is 0. The van der Waals surface area contributed by atoms with E-state index in [9.17, 15) is 0 Å². The lowest BCUT2D eigenvalue weighted by atomic mass is 10.2. The Balaban J connectivity index is -0.0000000322. The fraction of sp³-hybridized carbons (Fsp3) is 1.00. The van der Waals surface area contributed by atoms with E-state index >= 15 is 0 Å². The average Bonchev–Trinajstić information content (AvgIpc) is 2.07. The molecule has 0 atom stereocenters. The lowest BCUT2D eigenvalue weighted by Crippen LogP contribution is -1.90. The van der Waals surface area contributed by atoms with Crippen molar-refractivity contribution in [2.45, 2.75) is 62.8 Å². The van der Waals surface area contributed by atoms with E-state index < -0.39 is 0 Å². The standard InChI is InChI=1S/2C4H10O.C3H8.2CH4/c2*1-4(2)3-5;1-3-2;;/h2*4-5H,3H2,1-2H3;3H2,1-2H3;2*1H4. The molecule has 0 fully saturated rings. The molecule has 0 spiro atoms. The van der Waals surface area contributed by atoms with E-state index in [1.165, 1.54) is 6.42 Å². The highest BCUT2D eigenvalue weighted by atomic mass is 16.3. The second-order valence-corrected chi connectivity index (χ2v) is 3.86. The molecule has 0 aliphatic rings. The van der Waals surface area contributed by atoms with Crippen LogP contribution in [-0.4, -0.2) is 23.4 Å². The lowest BCUT2D eigenvalue weighted by molar-refractivity contribution is 0.248. The maximum absolute atomic E-state index is 8.14. The summed E-state index contributed by atoms with van der Waals surface area (Å²) in [5.74, 6) is 0.880. The van der Waals surface area contributed by atoms with Crippen LogP contribution in [0.15, 0.2) is 0 Å². The van der Waals surface area contributed by atoms with Crippen LogP contribution in [0.25, 0.3) is 0 Å². The summed E-state index contributed by atoms with van der Waals surface area (Å²) in [5, 5.41) is 16.3. The highest BCUT2D eigenvalue weighted by Gasteiger charge is 1.82. The van der Waals surface area contributed by atoms with E-state index in [0.717, 1.165) is 0 Å². The Bertz CT molecular complexity index is 53.6. The predicted molar refractivity (Wildman–Crippen MR) is 73.3 cm³/mol. The number of aliphatic hydroxyl groups is 2. The molecule has 0 saturated carbocycles. The Kier molecular flexibility index (Phi) is 57.2. The van der Waals surface area contributed by atoms with Crippen molar-refractivity contribution in [2.75, 3.05) is 13.2 Å². The van der Waals surface area contributed by atoms with Crippen LogP contribution in [0.5, 0.6) is 0 Å². The van der Waals surface area contributed by atoms with Gasteiger partial charge in [-0.15, -0.1) is 0 Å². The number of hydrogen-bond acceptors (Lipinski definition) is 2. The number of hydrogen-bond donors (Lipinski definition) is 2. The monoisotopic (exact) mass is 224 g/mol. The molecule has 2 N–H and O–H groups in total. The molecule has 0 aromatic rings. The third-order valence-corrected chi connectivity index (χ3v) is 0.730. The molecule has 0 amide bonds. The molecule has 0 aliphatic heterocycles. The van der Waals surface area contributed by atoms with Gasteiger partial charge in [0, 0.05) is 13.2 Å². The van der Waals surface area contributed by atoms with Gasteiger partial charge in [-0.05, 0) is 11.8 Å². The van der Waals surface area contributed by atoms with Crippen LogP contribution in [0.1, 0.15) is 62.8 Å². The normalized spacial score (nSPS) is 7.60. The van der Waals surface area contributed by atoms with Gasteiger partial charge < -0.3 is 10.2 Å². The quantitative estimate of drug-likeness (QED) is 0.745. The summed E-state index contributed by atoms with van der Waals surface area (Å²) < 4.78 is 0. The topological polar surface area (TPSA) is 40.5 Å². The molecule has 0 unspecified atom stereocenters. The van der Waals surface area contributed by atoms with Gasteiger partial charge in [-0.25, -0.2) is 0 Å². The van der Waals surface area contributed by atoms with Crippen LogP contribution < -0.4 is 0 Å². The maximum atomic E-state index is 8.14. The van der Waals surface area contributed by atoms with Crippen molar-refractivity contribution >= 4 is 0 Å². The molecular weight excluding hydrogens is 188 g/mol. The first-order chi connectivity index (χ1) is 5.95. The summed E-state index contributed by atoms with van der Waals surface area (Å²) >= 11 is 0. The Labute approximate surface area is 98.7 Å². The smallest absolute Gasteiger partial charge is 0.0453 e. The highest BCUT2D eigenvalue weighted by Crippen LogP contribution is 1.83. The number of aliphatic hydroxyl groups excluding tert-OH is 2. The van der Waals surface area contributed by atoms with E-state index in [2.05, 4.69) is 13.8 Å². The molecule has 0 bridgehead atoms. The molecule has 0 rings (SSSR count). The van der Waals surface area contributed by atoms with Gasteiger partial charge >= 0.3 is 0 Å².